The van der Waals surface area contributed by atoms with Gasteiger partial charge in [0, 0.05) is 24.6 Å². The van der Waals surface area contributed by atoms with Gasteiger partial charge in [0.15, 0.2) is 0 Å². The van der Waals surface area contributed by atoms with Crippen LogP contribution < -0.4 is 5.32 Å². The van der Waals surface area contributed by atoms with Crippen LogP contribution in [-0.2, 0) is 4.74 Å². The van der Waals surface area contributed by atoms with E-state index in [0.29, 0.717) is 11.5 Å². The fraction of sp³-hybridized carbons (Fsp3) is 1.00. The molecule has 0 amide bonds. The molecule has 1 aliphatic rings. The summed E-state index contributed by atoms with van der Waals surface area (Å²) in [4.78, 5) is 0. The molecule has 1 fully saturated rings. The van der Waals surface area contributed by atoms with Gasteiger partial charge in [-0.15, -0.1) is 0 Å². The third kappa shape index (κ3) is 3.11. The van der Waals surface area contributed by atoms with Crippen molar-refractivity contribution in [3.63, 3.8) is 0 Å². The number of hydrogen-bond acceptors (Lipinski definition) is 2. The lowest BCUT2D eigenvalue weighted by molar-refractivity contribution is 0.00228. The maximum absolute atomic E-state index is 5.48. The number of nitrogens with one attached hydrogen (secondary N) is 1. The summed E-state index contributed by atoms with van der Waals surface area (Å²) in [6.45, 7) is 9.65. The second kappa shape index (κ2) is 4.24. The van der Waals surface area contributed by atoms with Crippen LogP contribution in [0.3, 0.4) is 0 Å². The fourth-order valence-corrected chi connectivity index (χ4v) is 1.58. The van der Waals surface area contributed by atoms with Gasteiger partial charge >= 0.3 is 0 Å². The molecule has 1 aliphatic heterocycles. The first-order chi connectivity index (χ1) is 5.62. The molecule has 1 rings (SSSR count). The predicted octanol–water partition coefficient (Wildman–Crippen LogP) is 1.80. The Labute approximate surface area is 75.7 Å². The van der Waals surface area contributed by atoms with Crippen molar-refractivity contribution in [2.24, 2.45) is 5.41 Å². The Balaban J connectivity index is 2.26. The first-order valence-electron chi connectivity index (χ1n) is 4.93. The van der Waals surface area contributed by atoms with E-state index in [1.807, 2.05) is 0 Å². The van der Waals surface area contributed by atoms with Crippen molar-refractivity contribution in [1.82, 2.24) is 5.32 Å². The van der Waals surface area contributed by atoms with Crippen LogP contribution in [0.5, 0.6) is 0 Å². The molecule has 72 valence electrons. The summed E-state index contributed by atoms with van der Waals surface area (Å²) in [5, 5.41) is 3.48. The first-order valence-corrected chi connectivity index (χ1v) is 4.93. The van der Waals surface area contributed by atoms with Crippen LogP contribution in [0.2, 0.25) is 0 Å². The Morgan fingerprint density at radius 3 is 2.75 bits per heavy atom. The Kier molecular flexibility index (Phi) is 3.53. The monoisotopic (exact) mass is 171 g/mol. The summed E-state index contributed by atoms with van der Waals surface area (Å²) in [6, 6.07) is 0.587. The van der Waals surface area contributed by atoms with E-state index in [4.69, 9.17) is 4.74 Å². The largest absolute Gasteiger partial charge is 0.381 e. The molecule has 1 atom stereocenters. The van der Waals surface area contributed by atoms with E-state index in [9.17, 15) is 0 Å². The lowest BCUT2D eigenvalue weighted by Gasteiger charge is -2.34. The molecule has 2 nitrogen and oxygen atoms in total. The maximum Gasteiger partial charge on any atom is 0.0531 e. The Morgan fingerprint density at radius 2 is 2.25 bits per heavy atom. The van der Waals surface area contributed by atoms with Gasteiger partial charge in [0.25, 0.3) is 0 Å². The Hall–Kier alpha value is -0.0800. The number of rotatable bonds is 3. The van der Waals surface area contributed by atoms with Crippen molar-refractivity contribution < 1.29 is 4.74 Å². The number of ether oxygens (including phenoxy) is 1. The van der Waals surface area contributed by atoms with Crippen LogP contribution in [-0.4, -0.2) is 25.8 Å². The quantitative estimate of drug-likeness (QED) is 0.699. The summed E-state index contributed by atoms with van der Waals surface area (Å²) in [6.07, 6.45) is 2.52. The highest BCUT2D eigenvalue weighted by Gasteiger charge is 2.27. The molecule has 1 N–H and O–H groups in total. The van der Waals surface area contributed by atoms with E-state index in [-0.39, 0.29) is 0 Å². The Morgan fingerprint density at radius 1 is 1.50 bits per heavy atom. The molecule has 0 bridgehead atoms. The number of hydrogen-bond donors (Lipinski definition) is 1. The zero-order valence-corrected chi connectivity index (χ0v) is 8.52. The third-order valence-electron chi connectivity index (χ3n) is 2.46. The Bertz CT molecular complexity index is 128. The molecule has 0 aromatic carbocycles. The minimum Gasteiger partial charge on any atom is -0.381 e. The maximum atomic E-state index is 5.48. The molecule has 0 radical (unpaired) electrons. The van der Waals surface area contributed by atoms with Gasteiger partial charge in [0.05, 0.1) is 6.61 Å². The summed E-state index contributed by atoms with van der Waals surface area (Å²) in [7, 11) is 0. The zero-order chi connectivity index (χ0) is 9.03. The van der Waals surface area contributed by atoms with E-state index in [1.54, 1.807) is 0 Å². The van der Waals surface area contributed by atoms with Crippen molar-refractivity contribution in [2.75, 3.05) is 19.8 Å². The molecule has 1 heterocycles. The van der Waals surface area contributed by atoms with Crippen molar-refractivity contribution in [2.45, 2.75) is 39.7 Å². The molecular formula is C10H21NO. The summed E-state index contributed by atoms with van der Waals surface area (Å²) in [5.74, 6) is 0. The lowest BCUT2D eigenvalue weighted by Crippen LogP contribution is -2.40. The van der Waals surface area contributed by atoms with E-state index in [1.165, 1.54) is 12.8 Å². The minimum absolute atomic E-state index is 0.378. The van der Waals surface area contributed by atoms with Gasteiger partial charge in [-0.3, -0.25) is 0 Å². The average molecular weight is 171 g/mol. The van der Waals surface area contributed by atoms with Gasteiger partial charge in [-0.1, -0.05) is 20.8 Å². The molecule has 0 aromatic heterocycles. The molecule has 0 saturated carbocycles. The van der Waals surface area contributed by atoms with Gasteiger partial charge in [0.1, 0.15) is 0 Å². The predicted molar refractivity (Wildman–Crippen MR) is 51.3 cm³/mol. The highest BCUT2D eigenvalue weighted by Crippen LogP contribution is 2.26. The van der Waals surface area contributed by atoms with Crippen LogP contribution in [0, 0.1) is 5.41 Å². The molecule has 1 unspecified atom stereocenters. The van der Waals surface area contributed by atoms with Crippen LogP contribution in [0.1, 0.15) is 33.6 Å². The van der Waals surface area contributed by atoms with Crippen LogP contribution in [0.25, 0.3) is 0 Å². The van der Waals surface area contributed by atoms with E-state index in [2.05, 4.69) is 26.1 Å². The summed E-state index contributed by atoms with van der Waals surface area (Å²) >= 11 is 0. The fourth-order valence-electron chi connectivity index (χ4n) is 1.58. The van der Waals surface area contributed by atoms with Gasteiger partial charge in [-0.05, 0) is 12.8 Å². The van der Waals surface area contributed by atoms with Crippen LogP contribution >= 0.6 is 0 Å². The highest BCUT2D eigenvalue weighted by molar-refractivity contribution is 4.79. The average Bonchev–Trinajstić information content (AvgIpc) is 2.03. The molecule has 0 aliphatic carbocycles. The smallest absolute Gasteiger partial charge is 0.0531 e. The third-order valence-corrected chi connectivity index (χ3v) is 2.46. The second-order valence-electron chi connectivity index (χ2n) is 4.50. The van der Waals surface area contributed by atoms with E-state index < -0.39 is 0 Å². The molecular weight excluding hydrogens is 150 g/mol. The SMILES string of the molecule is CC(C)NCC1(C)CCCOC1. The van der Waals surface area contributed by atoms with Crippen molar-refractivity contribution in [3.8, 4) is 0 Å². The lowest BCUT2D eigenvalue weighted by atomic mass is 9.84. The molecule has 12 heavy (non-hydrogen) atoms. The first kappa shape index (κ1) is 10.0. The summed E-state index contributed by atoms with van der Waals surface area (Å²) in [5.41, 5.74) is 0.378. The van der Waals surface area contributed by atoms with Gasteiger partial charge in [0.2, 0.25) is 0 Å². The van der Waals surface area contributed by atoms with Gasteiger partial charge < -0.3 is 10.1 Å². The van der Waals surface area contributed by atoms with Crippen LogP contribution in [0.4, 0.5) is 0 Å². The summed E-state index contributed by atoms with van der Waals surface area (Å²) < 4.78 is 5.48. The van der Waals surface area contributed by atoms with Crippen molar-refractivity contribution in [1.29, 1.82) is 0 Å². The van der Waals surface area contributed by atoms with Gasteiger partial charge in [-0.2, -0.15) is 0 Å². The standard InChI is InChI=1S/C10H21NO/c1-9(2)11-7-10(3)5-4-6-12-8-10/h9,11H,4-8H2,1-3H3. The molecule has 0 spiro atoms. The molecule has 2 heteroatoms. The molecule has 0 aromatic rings. The minimum atomic E-state index is 0.378. The van der Waals surface area contributed by atoms with E-state index >= 15 is 0 Å². The van der Waals surface area contributed by atoms with Crippen molar-refractivity contribution >= 4 is 0 Å². The van der Waals surface area contributed by atoms with Gasteiger partial charge in [-0.25, -0.2) is 0 Å². The highest BCUT2D eigenvalue weighted by atomic mass is 16.5. The van der Waals surface area contributed by atoms with Crippen molar-refractivity contribution in [3.05, 3.63) is 0 Å². The van der Waals surface area contributed by atoms with E-state index in [0.717, 1.165) is 19.8 Å². The molecule has 1 saturated heterocycles. The topological polar surface area (TPSA) is 21.3 Å². The zero-order valence-electron chi connectivity index (χ0n) is 8.52. The normalized spacial score (nSPS) is 31.0. The van der Waals surface area contributed by atoms with Crippen LogP contribution in [0.15, 0.2) is 0 Å². The second-order valence-corrected chi connectivity index (χ2v) is 4.50.